The van der Waals surface area contributed by atoms with E-state index < -0.39 is 5.69 Å². The molecule has 4 heterocycles. The van der Waals surface area contributed by atoms with Crippen LogP contribution in [0.25, 0.3) is 11.0 Å². The van der Waals surface area contributed by atoms with Gasteiger partial charge in [0.25, 0.3) is 11.5 Å². The van der Waals surface area contributed by atoms with E-state index >= 15 is 0 Å². The third kappa shape index (κ3) is 3.84. The van der Waals surface area contributed by atoms with Gasteiger partial charge in [-0.3, -0.25) is 23.7 Å². The van der Waals surface area contributed by atoms with Crippen molar-refractivity contribution in [3.05, 3.63) is 105 Å². The summed E-state index contributed by atoms with van der Waals surface area (Å²) in [5.74, 6) is 0.0000622. The topological polar surface area (TPSA) is 90.1 Å². The van der Waals surface area contributed by atoms with Gasteiger partial charge in [-0.25, -0.2) is 9.78 Å². The summed E-state index contributed by atoms with van der Waals surface area (Å²) in [5, 5.41) is 0.402. The number of hydrogen-bond donors (Lipinski definition) is 0. The first-order valence-corrected chi connectivity index (χ1v) is 10.9. The van der Waals surface area contributed by atoms with Crippen molar-refractivity contribution in [2.24, 2.45) is 7.05 Å². The fourth-order valence-electron chi connectivity index (χ4n) is 4.37. The number of fused-ring (bicyclic) bond motifs is 1. The first-order valence-electron chi connectivity index (χ1n) is 10.9. The summed E-state index contributed by atoms with van der Waals surface area (Å²) in [6.45, 7) is 1.48. The number of carbonyl (C=O) groups is 1. The Morgan fingerprint density at radius 2 is 1.79 bits per heavy atom. The van der Waals surface area contributed by atoms with Crippen LogP contribution >= 0.6 is 0 Å². The minimum Gasteiger partial charge on any atom is -0.338 e. The number of amides is 1. The number of aromatic nitrogens is 4. The molecule has 4 aromatic rings. The molecule has 0 radical (unpaired) electrons. The Hall–Kier alpha value is -4.07. The number of benzene rings is 1. The molecule has 1 fully saturated rings. The maximum atomic E-state index is 13.0. The highest BCUT2D eigenvalue weighted by molar-refractivity contribution is 5.94. The molecule has 5 rings (SSSR count). The van der Waals surface area contributed by atoms with E-state index in [2.05, 4.69) is 4.98 Å². The summed E-state index contributed by atoms with van der Waals surface area (Å²) >= 11 is 0. The van der Waals surface area contributed by atoms with Crippen LogP contribution in [0.3, 0.4) is 0 Å². The van der Waals surface area contributed by atoms with Gasteiger partial charge in [0, 0.05) is 49.7 Å². The lowest BCUT2D eigenvalue weighted by molar-refractivity contribution is 0.0790. The third-order valence-corrected chi connectivity index (χ3v) is 6.21. The molecule has 1 unspecified atom stereocenters. The molecule has 8 nitrogen and oxygen atoms in total. The Morgan fingerprint density at radius 3 is 2.55 bits per heavy atom. The molecule has 0 spiro atoms. The Bertz CT molecular complexity index is 1440. The Kier molecular flexibility index (Phi) is 5.34. The van der Waals surface area contributed by atoms with Crippen LogP contribution in [0.15, 0.2) is 76.6 Å². The average Bonchev–Trinajstić information content (AvgIpc) is 3.36. The third-order valence-electron chi connectivity index (χ3n) is 6.21. The highest BCUT2D eigenvalue weighted by Crippen LogP contribution is 2.28. The highest BCUT2D eigenvalue weighted by Gasteiger charge is 2.29. The zero-order valence-electron chi connectivity index (χ0n) is 18.2. The monoisotopic (exact) mass is 441 g/mol. The highest BCUT2D eigenvalue weighted by atomic mass is 16.2. The molecule has 1 aliphatic heterocycles. The quantitative estimate of drug-likeness (QED) is 0.484. The van der Waals surface area contributed by atoms with Gasteiger partial charge in [0.1, 0.15) is 5.65 Å². The number of hydrogen-bond acceptors (Lipinski definition) is 5. The van der Waals surface area contributed by atoms with Crippen LogP contribution in [0.2, 0.25) is 0 Å². The van der Waals surface area contributed by atoms with Crippen LogP contribution in [-0.4, -0.2) is 43.0 Å². The summed E-state index contributed by atoms with van der Waals surface area (Å²) in [7, 11) is 1.49. The van der Waals surface area contributed by atoms with E-state index in [1.807, 2.05) is 41.3 Å². The van der Waals surface area contributed by atoms with E-state index in [-0.39, 0.29) is 17.4 Å². The Balaban J connectivity index is 1.51. The van der Waals surface area contributed by atoms with Gasteiger partial charge in [-0.1, -0.05) is 30.3 Å². The zero-order valence-corrected chi connectivity index (χ0v) is 18.2. The van der Waals surface area contributed by atoms with Gasteiger partial charge in [-0.15, -0.1) is 0 Å². The van der Waals surface area contributed by atoms with Crippen LogP contribution in [-0.2, 0) is 13.6 Å². The molecule has 1 atom stereocenters. The lowest BCUT2D eigenvalue weighted by atomic mass is 10.0. The van der Waals surface area contributed by atoms with E-state index in [1.165, 1.54) is 7.05 Å². The molecule has 3 aromatic heterocycles. The van der Waals surface area contributed by atoms with Crippen molar-refractivity contribution >= 4 is 16.9 Å². The summed E-state index contributed by atoms with van der Waals surface area (Å²) in [6.07, 6.45) is 3.99. The summed E-state index contributed by atoms with van der Waals surface area (Å²) in [4.78, 5) is 49.1. The molecule has 0 aliphatic carbocycles. The largest absolute Gasteiger partial charge is 0.338 e. The van der Waals surface area contributed by atoms with Crippen LogP contribution in [0.1, 0.15) is 34.0 Å². The van der Waals surface area contributed by atoms with Gasteiger partial charge in [-0.05, 0) is 36.2 Å². The van der Waals surface area contributed by atoms with Crippen LogP contribution in [0, 0.1) is 0 Å². The SMILES string of the molecule is Cn1c(=O)c2ccc(C3CCN(C(=O)c4ccncc4)C3)nc2n(Cc2ccccc2)c1=O. The predicted octanol–water partition coefficient (Wildman–Crippen LogP) is 2.17. The second-order valence-electron chi connectivity index (χ2n) is 8.30. The first-order chi connectivity index (χ1) is 16.0. The normalized spacial score (nSPS) is 15.8. The van der Waals surface area contributed by atoms with Crippen LogP contribution < -0.4 is 11.2 Å². The first kappa shape index (κ1) is 20.8. The fraction of sp³-hybridized carbons (Fsp3) is 0.240. The van der Waals surface area contributed by atoms with Gasteiger partial charge in [0.15, 0.2) is 0 Å². The van der Waals surface area contributed by atoms with E-state index in [0.717, 1.165) is 22.2 Å². The Morgan fingerprint density at radius 1 is 1.03 bits per heavy atom. The summed E-state index contributed by atoms with van der Waals surface area (Å²) in [6, 6.07) is 16.6. The van der Waals surface area contributed by atoms with Gasteiger partial charge < -0.3 is 4.90 Å². The molecular weight excluding hydrogens is 418 g/mol. The van der Waals surface area contributed by atoms with E-state index in [4.69, 9.17) is 4.98 Å². The number of likely N-dealkylation sites (tertiary alicyclic amines) is 1. The molecule has 0 saturated carbocycles. The lowest BCUT2D eigenvalue weighted by Crippen LogP contribution is -2.38. The maximum absolute atomic E-state index is 13.0. The second-order valence-corrected chi connectivity index (χ2v) is 8.30. The summed E-state index contributed by atoms with van der Waals surface area (Å²) in [5.41, 5.74) is 1.95. The van der Waals surface area contributed by atoms with Crippen molar-refractivity contribution in [2.45, 2.75) is 18.9 Å². The number of pyridine rings is 2. The molecule has 1 aromatic carbocycles. The van der Waals surface area contributed by atoms with Crippen molar-refractivity contribution in [2.75, 3.05) is 13.1 Å². The average molecular weight is 441 g/mol. The number of rotatable bonds is 4. The van der Waals surface area contributed by atoms with Crippen molar-refractivity contribution in [3.63, 3.8) is 0 Å². The maximum Gasteiger partial charge on any atom is 0.332 e. The molecule has 33 heavy (non-hydrogen) atoms. The van der Waals surface area contributed by atoms with Gasteiger partial charge in [0.05, 0.1) is 11.9 Å². The molecule has 0 N–H and O–H groups in total. The van der Waals surface area contributed by atoms with Gasteiger partial charge in [0.2, 0.25) is 0 Å². The molecule has 1 saturated heterocycles. The molecule has 1 amide bonds. The molecular formula is C25H23N5O3. The smallest absolute Gasteiger partial charge is 0.332 e. The predicted molar refractivity (Wildman–Crippen MR) is 124 cm³/mol. The van der Waals surface area contributed by atoms with Crippen LogP contribution in [0.4, 0.5) is 0 Å². The summed E-state index contributed by atoms with van der Waals surface area (Å²) < 4.78 is 2.67. The minimum absolute atomic E-state index is 0.0319. The zero-order chi connectivity index (χ0) is 22.9. The fourth-order valence-corrected chi connectivity index (χ4v) is 4.37. The van der Waals surface area contributed by atoms with E-state index in [1.54, 1.807) is 35.2 Å². The van der Waals surface area contributed by atoms with Crippen molar-refractivity contribution < 1.29 is 4.79 Å². The van der Waals surface area contributed by atoms with Crippen molar-refractivity contribution in [1.29, 1.82) is 0 Å². The Labute approximate surface area is 189 Å². The van der Waals surface area contributed by atoms with Crippen molar-refractivity contribution in [1.82, 2.24) is 24.0 Å². The molecule has 166 valence electrons. The standard InChI is InChI=1S/C25H23N5O3/c1-28-24(32)20-7-8-21(19-11-14-29(16-19)23(31)18-9-12-26-13-10-18)27-22(20)30(25(28)33)15-17-5-3-2-4-6-17/h2-10,12-13,19H,11,14-16H2,1H3. The molecule has 8 heteroatoms. The van der Waals surface area contributed by atoms with E-state index in [9.17, 15) is 14.4 Å². The second kappa shape index (κ2) is 8.46. The molecule has 1 aliphatic rings. The van der Waals surface area contributed by atoms with Crippen molar-refractivity contribution in [3.8, 4) is 0 Å². The molecule has 0 bridgehead atoms. The number of carbonyl (C=O) groups excluding carboxylic acids is 1. The van der Waals surface area contributed by atoms with Gasteiger partial charge >= 0.3 is 5.69 Å². The van der Waals surface area contributed by atoms with Crippen LogP contribution in [0.5, 0.6) is 0 Å². The lowest BCUT2D eigenvalue weighted by Gasteiger charge is -2.17. The number of nitrogens with zero attached hydrogens (tertiary/aromatic N) is 5. The van der Waals surface area contributed by atoms with Gasteiger partial charge in [-0.2, -0.15) is 0 Å². The minimum atomic E-state index is -0.401. The van der Waals surface area contributed by atoms with E-state index in [0.29, 0.717) is 36.2 Å².